The van der Waals surface area contributed by atoms with E-state index in [9.17, 15) is 4.79 Å². The summed E-state index contributed by atoms with van der Waals surface area (Å²) in [6.07, 6.45) is 7.64. The number of aromatic nitrogens is 2. The van der Waals surface area contributed by atoms with E-state index in [1.807, 2.05) is 42.7 Å². The maximum Gasteiger partial charge on any atom is 0.226 e. The van der Waals surface area contributed by atoms with E-state index in [2.05, 4.69) is 38.2 Å². The van der Waals surface area contributed by atoms with Crippen molar-refractivity contribution in [2.45, 2.75) is 25.7 Å². The molecule has 5 rings (SSSR count). The molecule has 2 aromatic carbocycles. The standard InChI is InChI=1S/C25H28N4O/c30-25(14-19-4-2-1-3-5-19)28-11-8-20(9-12-28)18-29-13-10-22-15-21(6-7-24(22)29)23-16-26-27-17-23/h1-7,15-17,20H,8-14,18H2,(H,26,27). The summed E-state index contributed by atoms with van der Waals surface area (Å²) in [7, 11) is 0. The number of carbonyl (C=O) groups is 1. The van der Waals surface area contributed by atoms with Gasteiger partial charge in [-0.25, -0.2) is 0 Å². The van der Waals surface area contributed by atoms with Crippen LogP contribution in [0, 0.1) is 5.92 Å². The largest absolute Gasteiger partial charge is 0.371 e. The van der Waals surface area contributed by atoms with Gasteiger partial charge in [0.2, 0.25) is 5.91 Å². The summed E-state index contributed by atoms with van der Waals surface area (Å²) < 4.78 is 0. The Morgan fingerprint density at radius 3 is 2.63 bits per heavy atom. The number of H-pyrrole nitrogens is 1. The lowest BCUT2D eigenvalue weighted by atomic mass is 9.95. The highest BCUT2D eigenvalue weighted by molar-refractivity contribution is 5.78. The van der Waals surface area contributed by atoms with Gasteiger partial charge in [0, 0.05) is 43.6 Å². The Kier molecular flexibility index (Phi) is 5.26. The molecule has 1 fully saturated rings. The van der Waals surface area contributed by atoms with Crippen molar-refractivity contribution in [1.82, 2.24) is 15.1 Å². The van der Waals surface area contributed by atoms with E-state index >= 15 is 0 Å². The van der Waals surface area contributed by atoms with Crippen LogP contribution >= 0.6 is 0 Å². The second-order valence-electron chi connectivity index (χ2n) is 8.51. The number of piperidine rings is 1. The molecule has 1 amide bonds. The molecule has 2 aliphatic rings. The van der Waals surface area contributed by atoms with Gasteiger partial charge in [-0.15, -0.1) is 0 Å². The van der Waals surface area contributed by atoms with Crippen LogP contribution in [-0.2, 0) is 17.6 Å². The molecule has 0 radical (unpaired) electrons. The number of hydrogen-bond donors (Lipinski definition) is 1. The molecule has 0 aliphatic carbocycles. The summed E-state index contributed by atoms with van der Waals surface area (Å²) in [4.78, 5) is 17.2. The molecular formula is C25H28N4O. The lowest BCUT2D eigenvalue weighted by Crippen LogP contribution is -2.42. The van der Waals surface area contributed by atoms with Crippen LogP contribution in [0.5, 0.6) is 0 Å². The van der Waals surface area contributed by atoms with E-state index < -0.39 is 0 Å². The van der Waals surface area contributed by atoms with Gasteiger partial charge < -0.3 is 9.80 Å². The van der Waals surface area contributed by atoms with E-state index in [0.29, 0.717) is 12.3 Å². The monoisotopic (exact) mass is 400 g/mol. The van der Waals surface area contributed by atoms with Gasteiger partial charge in [-0.1, -0.05) is 36.4 Å². The third-order valence-corrected chi connectivity index (χ3v) is 6.55. The average Bonchev–Trinajstić information content (AvgIpc) is 3.45. The summed E-state index contributed by atoms with van der Waals surface area (Å²) in [5.74, 6) is 0.920. The molecule has 154 valence electrons. The first-order valence-electron chi connectivity index (χ1n) is 10.9. The number of amides is 1. The fraction of sp³-hybridized carbons (Fsp3) is 0.360. The fourth-order valence-corrected chi connectivity index (χ4v) is 4.81. The molecule has 3 heterocycles. The molecular weight excluding hydrogens is 372 g/mol. The second-order valence-corrected chi connectivity index (χ2v) is 8.51. The van der Waals surface area contributed by atoms with Gasteiger partial charge in [-0.2, -0.15) is 5.10 Å². The number of nitrogens with zero attached hydrogens (tertiary/aromatic N) is 3. The predicted molar refractivity (Wildman–Crippen MR) is 119 cm³/mol. The number of hydrogen-bond acceptors (Lipinski definition) is 3. The van der Waals surface area contributed by atoms with Gasteiger partial charge >= 0.3 is 0 Å². The van der Waals surface area contributed by atoms with Crippen molar-refractivity contribution in [3.05, 3.63) is 72.1 Å². The number of fused-ring (bicyclic) bond motifs is 1. The SMILES string of the molecule is O=C(Cc1ccccc1)N1CCC(CN2CCc3cc(-c4cn[nH]c4)ccc32)CC1. The maximum atomic E-state index is 12.6. The van der Waals surface area contributed by atoms with Crippen molar-refractivity contribution in [3.63, 3.8) is 0 Å². The van der Waals surface area contributed by atoms with E-state index in [1.54, 1.807) is 0 Å². The summed E-state index contributed by atoms with van der Waals surface area (Å²) in [5, 5.41) is 6.96. The molecule has 0 unspecified atom stereocenters. The molecule has 1 saturated heterocycles. The number of benzene rings is 2. The molecule has 30 heavy (non-hydrogen) atoms. The molecule has 0 bridgehead atoms. The highest BCUT2D eigenvalue weighted by Crippen LogP contribution is 2.33. The lowest BCUT2D eigenvalue weighted by molar-refractivity contribution is -0.131. The Morgan fingerprint density at radius 2 is 1.87 bits per heavy atom. The van der Waals surface area contributed by atoms with E-state index in [4.69, 9.17) is 0 Å². The molecule has 1 N–H and O–H groups in total. The van der Waals surface area contributed by atoms with Crippen molar-refractivity contribution in [2.24, 2.45) is 5.92 Å². The van der Waals surface area contributed by atoms with Crippen molar-refractivity contribution < 1.29 is 4.79 Å². The first-order valence-corrected chi connectivity index (χ1v) is 10.9. The van der Waals surface area contributed by atoms with Crippen LogP contribution in [-0.4, -0.2) is 47.2 Å². The van der Waals surface area contributed by atoms with Crippen molar-refractivity contribution in [1.29, 1.82) is 0 Å². The molecule has 0 spiro atoms. The van der Waals surface area contributed by atoms with Gasteiger partial charge in [0.25, 0.3) is 0 Å². The van der Waals surface area contributed by atoms with Crippen molar-refractivity contribution in [3.8, 4) is 11.1 Å². The first-order chi connectivity index (χ1) is 14.8. The van der Waals surface area contributed by atoms with E-state index in [-0.39, 0.29) is 5.91 Å². The highest BCUT2D eigenvalue weighted by Gasteiger charge is 2.27. The van der Waals surface area contributed by atoms with Gasteiger partial charge in [0.1, 0.15) is 0 Å². The van der Waals surface area contributed by atoms with Crippen LogP contribution in [0.3, 0.4) is 0 Å². The summed E-state index contributed by atoms with van der Waals surface area (Å²) >= 11 is 0. The Labute approximate surface area is 177 Å². The number of nitrogens with one attached hydrogen (secondary N) is 1. The highest BCUT2D eigenvalue weighted by atomic mass is 16.2. The number of aromatic amines is 1. The van der Waals surface area contributed by atoms with Crippen LogP contribution in [0.1, 0.15) is 24.0 Å². The zero-order chi connectivity index (χ0) is 20.3. The van der Waals surface area contributed by atoms with Gasteiger partial charge in [0.15, 0.2) is 0 Å². The molecule has 5 nitrogen and oxygen atoms in total. The Hall–Kier alpha value is -3.08. The minimum Gasteiger partial charge on any atom is -0.371 e. The third kappa shape index (κ3) is 3.97. The second kappa shape index (κ2) is 8.34. The minimum absolute atomic E-state index is 0.262. The number of likely N-dealkylation sites (tertiary alicyclic amines) is 1. The third-order valence-electron chi connectivity index (χ3n) is 6.55. The zero-order valence-corrected chi connectivity index (χ0v) is 17.3. The van der Waals surface area contributed by atoms with Gasteiger partial charge in [-0.05, 0) is 54.0 Å². The lowest BCUT2D eigenvalue weighted by Gasteiger charge is -2.34. The number of anilines is 1. The van der Waals surface area contributed by atoms with Gasteiger partial charge in [0.05, 0.1) is 12.6 Å². The predicted octanol–water partition coefficient (Wildman–Crippen LogP) is 3.92. The Bertz CT molecular complexity index is 991. The number of rotatable bonds is 5. The molecule has 1 aromatic heterocycles. The molecule has 3 aromatic rings. The van der Waals surface area contributed by atoms with Crippen LogP contribution in [0.25, 0.3) is 11.1 Å². The topological polar surface area (TPSA) is 52.2 Å². The van der Waals surface area contributed by atoms with Crippen LogP contribution in [0.15, 0.2) is 60.9 Å². The van der Waals surface area contributed by atoms with Gasteiger partial charge in [-0.3, -0.25) is 9.89 Å². The van der Waals surface area contributed by atoms with Crippen molar-refractivity contribution in [2.75, 3.05) is 31.1 Å². The smallest absolute Gasteiger partial charge is 0.226 e. The van der Waals surface area contributed by atoms with E-state index in [1.165, 1.54) is 16.8 Å². The van der Waals surface area contributed by atoms with Crippen LogP contribution < -0.4 is 4.90 Å². The van der Waals surface area contributed by atoms with Crippen molar-refractivity contribution >= 4 is 11.6 Å². The Balaban J connectivity index is 1.16. The summed E-state index contributed by atoms with van der Waals surface area (Å²) in [5.41, 5.74) is 6.29. The van der Waals surface area contributed by atoms with Crippen LogP contribution in [0.4, 0.5) is 5.69 Å². The first kappa shape index (κ1) is 18.9. The average molecular weight is 401 g/mol. The summed E-state index contributed by atoms with van der Waals surface area (Å²) in [6, 6.07) is 16.8. The Morgan fingerprint density at radius 1 is 1.03 bits per heavy atom. The maximum absolute atomic E-state index is 12.6. The molecule has 2 aliphatic heterocycles. The summed E-state index contributed by atoms with van der Waals surface area (Å²) in [6.45, 7) is 3.96. The molecule has 5 heteroatoms. The quantitative estimate of drug-likeness (QED) is 0.706. The van der Waals surface area contributed by atoms with E-state index in [0.717, 1.165) is 56.6 Å². The molecule has 0 atom stereocenters. The number of carbonyl (C=O) groups excluding carboxylic acids is 1. The van der Waals surface area contributed by atoms with Crippen LogP contribution in [0.2, 0.25) is 0 Å². The minimum atomic E-state index is 0.262. The molecule has 0 saturated carbocycles. The zero-order valence-electron chi connectivity index (χ0n) is 17.3. The fourth-order valence-electron chi connectivity index (χ4n) is 4.81. The normalized spacial score (nSPS) is 16.7.